The van der Waals surface area contributed by atoms with Gasteiger partial charge in [0.1, 0.15) is 5.75 Å². The van der Waals surface area contributed by atoms with Crippen LogP contribution in [0.15, 0.2) is 29.2 Å². The molecule has 82 valence electrons. The fourth-order valence-corrected chi connectivity index (χ4v) is 1.29. The third kappa shape index (κ3) is 3.69. The zero-order chi connectivity index (χ0) is 11.3. The Morgan fingerprint density at radius 2 is 2.27 bits per heavy atom. The number of carbonyl (C=O) groups is 1. The second kappa shape index (κ2) is 5.47. The second-order valence-electron chi connectivity index (χ2n) is 2.59. The topological polar surface area (TPSA) is 72.8 Å². The third-order valence-electron chi connectivity index (χ3n) is 1.59. The van der Waals surface area contributed by atoms with Gasteiger partial charge in [-0.3, -0.25) is 0 Å². The summed E-state index contributed by atoms with van der Waals surface area (Å²) >= 11 is -2.05. The van der Waals surface area contributed by atoms with Crippen molar-refractivity contribution < 1.29 is 23.0 Å². The van der Waals surface area contributed by atoms with E-state index in [9.17, 15) is 9.00 Å². The maximum Gasteiger partial charge on any atom is 0.343 e. The summed E-state index contributed by atoms with van der Waals surface area (Å²) in [5.41, 5.74) is 0. The lowest BCUT2D eigenvalue weighted by Crippen LogP contribution is -2.12. The predicted molar refractivity (Wildman–Crippen MR) is 53.0 cm³/mol. The van der Waals surface area contributed by atoms with Gasteiger partial charge in [0.05, 0.1) is 12.0 Å². The largest absolute Gasteiger partial charge is 0.482 e. The van der Waals surface area contributed by atoms with Crippen molar-refractivity contribution in [3.8, 4) is 5.75 Å². The highest BCUT2D eigenvalue weighted by Crippen LogP contribution is 2.15. The minimum atomic E-state index is -2.05. The summed E-state index contributed by atoms with van der Waals surface area (Å²) in [5, 5.41) is 0. The molecular formula is C9H10O5S. The standard InChI is InChI=1S/C9H10O5S/c1-13-9(10)6-14-7-3-2-4-8(5-7)15(11)12/h2-5H,6H2,1H3,(H,11,12). The molecule has 0 aliphatic carbocycles. The number of esters is 1. The summed E-state index contributed by atoms with van der Waals surface area (Å²) in [6, 6.07) is 6.02. The van der Waals surface area contributed by atoms with Gasteiger partial charge in [-0.2, -0.15) is 0 Å². The fraction of sp³-hybridized carbons (Fsp3) is 0.222. The highest BCUT2D eigenvalue weighted by atomic mass is 32.2. The Kier molecular flexibility index (Phi) is 4.26. The first-order valence-electron chi connectivity index (χ1n) is 4.04. The predicted octanol–water partition coefficient (Wildman–Crippen LogP) is 0.819. The molecule has 0 heterocycles. The Morgan fingerprint density at radius 3 is 2.87 bits per heavy atom. The molecule has 0 bridgehead atoms. The van der Waals surface area contributed by atoms with Gasteiger partial charge < -0.3 is 14.0 Å². The number of hydrogen-bond donors (Lipinski definition) is 1. The summed E-state index contributed by atoms with van der Waals surface area (Å²) < 4.78 is 28.9. The molecule has 1 rings (SSSR count). The molecule has 0 fully saturated rings. The first-order chi connectivity index (χ1) is 7.13. The van der Waals surface area contributed by atoms with Crippen LogP contribution in [0.3, 0.4) is 0 Å². The zero-order valence-corrected chi connectivity index (χ0v) is 8.82. The molecule has 1 aromatic carbocycles. The lowest BCUT2D eigenvalue weighted by Gasteiger charge is -2.04. The number of carbonyl (C=O) groups excluding carboxylic acids is 1. The Bertz CT molecular complexity index is 377. The molecule has 5 nitrogen and oxygen atoms in total. The third-order valence-corrected chi connectivity index (χ3v) is 2.25. The number of hydrogen-bond acceptors (Lipinski definition) is 4. The van der Waals surface area contributed by atoms with Crippen molar-refractivity contribution in [1.29, 1.82) is 0 Å². The van der Waals surface area contributed by atoms with Crippen LogP contribution in [0.1, 0.15) is 0 Å². The highest BCUT2D eigenvalue weighted by molar-refractivity contribution is 7.79. The van der Waals surface area contributed by atoms with Crippen molar-refractivity contribution in [3.05, 3.63) is 24.3 Å². The molecule has 1 atom stereocenters. The Hall–Kier alpha value is -1.40. The van der Waals surface area contributed by atoms with Crippen LogP contribution in [0.5, 0.6) is 5.75 Å². The quantitative estimate of drug-likeness (QED) is 0.612. The molecule has 0 spiro atoms. The molecule has 1 unspecified atom stereocenters. The van der Waals surface area contributed by atoms with Crippen LogP contribution in [0.25, 0.3) is 0 Å². The van der Waals surface area contributed by atoms with Gasteiger partial charge >= 0.3 is 5.97 Å². The number of ether oxygens (including phenoxy) is 2. The molecule has 15 heavy (non-hydrogen) atoms. The molecule has 0 aliphatic heterocycles. The monoisotopic (exact) mass is 230 g/mol. The van der Waals surface area contributed by atoms with E-state index < -0.39 is 17.0 Å². The average molecular weight is 230 g/mol. The van der Waals surface area contributed by atoms with Gasteiger partial charge in [-0.25, -0.2) is 9.00 Å². The normalized spacial score (nSPS) is 11.9. The van der Waals surface area contributed by atoms with Gasteiger partial charge in [0, 0.05) is 0 Å². The molecule has 0 aliphatic rings. The molecule has 0 saturated heterocycles. The summed E-state index contributed by atoms with van der Waals surface area (Å²) in [5.74, 6) is -0.161. The molecule has 1 N–H and O–H groups in total. The van der Waals surface area contributed by atoms with E-state index in [0.717, 1.165) is 0 Å². The summed E-state index contributed by atoms with van der Waals surface area (Å²) in [6.07, 6.45) is 0. The highest BCUT2D eigenvalue weighted by Gasteiger charge is 2.04. The van der Waals surface area contributed by atoms with Gasteiger partial charge in [0.15, 0.2) is 17.7 Å². The smallest absolute Gasteiger partial charge is 0.343 e. The van der Waals surface area contributed by atoms with Crippen LogP contribution in [-0.2, 0) is 20.6 Å². The Labute approximate surface area is 89.3 Å². The average Bonchev–Trinajstić information content (AvgIpc) is 2.26. The molecule has 1 aromatic rings. The second-order valence-corrected chi connectivity index (χ2v) is 3.56. The van der Waals surface area contributed by atoms with Gasteiger partial charge in [0.2, 0.25) is 0 Å². The lowest BCUT2D eigenvalue weighted by molar-refractivity contribution is -0.142. The SMILES string of the molecule is COC(=O)COc1cccc(S(=O)O)c1. The molecule has 6 heteroatoms. The maximum atomic E-state index is 10.7. The molecule has 0 radical (unpaired) electrons. The minimum Gasteiger partial charge on any atom is -0.482 e. The van der Waals surface area contributed by atoms with Crippen LogP contribution in [0, 0.1) is 0 Å². The van der Waals surface area contributed by atoms with E-state index in [1.807, 2.05) is 0 Å². The van der Waals surface area contributed by atoms with Gasteiger partial charge in [-0.05, 0) is 18.2 Å². The molecular weight excluding hydrogens is 220 g/mol. The van der Waals surface area contributed by atoms with Crippen molar-refractivity contribution in [1.82, 2.24) is 0 Å². The number of benzene rings is 1. The number of rotatable bonds is 4. The molecule has 0 aromatic heterocycles. The van der Waals surface area contributed by atoms with Crippen molar-refractivity contribution >= 4 is 17.0 Å². The van der Waals surface area contributed by atoms with E-state index in [2.05, 4.69) is 4.74 Å². The van der Waals surface area contributed by atoms with Gasteiger partial charge in [-0.15, -0.1) is 0 Å². The Balaban J connectivity index is 2.66. The van der Waals surface area contributed by atoms with Crippen LogP contribution in [0.2, 0.25) is 0 Å². The summed E-state index contributed by atoms with van der Waals surface area (Å²) in [4.78, 5) is 11.0. The van der Waals surface area contributed by atoms with E-state index in [1.165, 1.54) is 19.2 Å². The van der Waals surface area contributed by atoms with Crippen LogP contribution in [0.4, 0.5) is 0 Å². The number of methoxy groups -OCH3 is 1. The summed E-state index contributed by atoms with van der Waals surface area (Å²) in [7, 11) is 1.25. The summed E-state index contributed by atoms with van der Waals surface area (Å²) in [6.45, 7) is -0.224. The van der Waals surface area contributed by atoms with E-state index in [-0.39, 0.29) is 11.5 Å². The van der Waals surface area contributed by atoms with E-state index >= 15 is 0 Å². The van der Waals surface area contributed by atoms with Gasteiger partial charge in [0.25, 0.3) is 0 Å². The lowest BCUT2D eigenvalue weighted by atomic mass is 10.3. The van der Waals surface area contributed by atoms with E-state index in [4.69, 9.17) is 9.29 Å². The van der Waals surface area contributed by atoms with Gasteiger partial charge in [-0.1, -0.05) is 6.07 Å². The van der Waals surface area contributed by atoms with Crippen LogP contribution < -0.4 is 4.74 Å². The fourth-order valence-electron chi connectivity index (χ4n) is 0.874. The minimum absolute atomic E-state index is 0.220. The zero-order valence-electron chi connectivity index (χ0n) is 8.00. The van der Waals surface area contributed by atoms with Crippen LogP contribution >= 0.6 is 0 Å². The van der Waals surface area contributed by atoms with Crippen molar-refractivity contribution in [2.45, 2.75) is 4.90 Å². The maximum absolute atomic E-state index is 10.7. The van der Waals surface area contributed by atoms with Crippen LogP contribution in [-0.4, -0.2) is 28.4 Å². The van der Waals surface area contributed by atoms with E-state index in [1.54, 1.807) is 12.1 Å². The van der Waals surface area contributed by atoms with Crippen molar-refractivity contribution in [2.24, 2.45) is 0 Å². The van der Waals surface area contributed by atoms with Crippen molar-refractivity contribution in [2.75, 3.05) is 13.7 Å². The van der Waals surface area contributed by atoms with Crippen molar-refractivity contribution in [3.63, 3.8) is 0 Å². The Morgan fingerprint density at radius 1 is 1.53 bits per heavy atom. The van der Waals surface area contributed by atoms with E-state index in [0.29, 0.717) is 5.75 Å². The first kappa shape index (κ1) is 11.7. The first-order valence-corrected chi connectivity index (χ1v) is 5.14. The molecule has 0 amide bonds. The molecule has 0 saturated carbocycles.